The molecule has 0 aliphatic carbocycles. The zero-order chi connectivity index (χ0) is 12.6. The summed E-state index contributed by atoms with van der Waals surface area (Å²) < 4.78 is 5.12. The minimum atomic E-state index is -0.962. The quantitative estimate of drug-likeness (QED) is 0.804. The lowest BCUT2D eigenvalue weighted by atomic mass is 10.0. The summed E-state index contributed by atoms with van der Waals surface area (Å²) in [5.74, 6) is -0.962. The molecule has 17 heavy (non-hydrogen) atoms. The van der Waals surface area contributed by atoms with E-state index < -0.39 is 11.6 Å². The maximum absolute atomic E-state index is 11.4. The van der Waals surface area contributed by atoms with Gasteiger partial charge in [0.1, 0.15) is 5.58 Å². The van der Waals surface area contributed by atoms with Crippen molar-refractivity contribution < 1.29 is 14.3 Å². The van der Waals surface area contributed by atoms with Crippen LogP contribution < -0.4 is 5.63 Å². The molecule has 0 aliphatic rings. The Morgan fingerprint density at radius 1 is 1.29 bits per heavy atom. The van der Waals surface area contributed by atoms with Crippen LogP contribution in [0.3, 0.4) is 0 Å². The third kappa shape index (κ3) is 2.20. The molecule has 0 unspecified atom stereocenters. The Kier molecular flexibility index (Phi) is 2.71. The first-order valence-corrected chi connectivity index (χ1v) is 5.23. The SMILES string of the molecule is Cc1cc(C)c2oc(=O)cc(CC(=O)O)c2c1. The maximum atomic E-state index is 11.4. The van der Waals surface area contributed by atoms with E-state index in [-0.39, 0.29) is 6.42 Å². The molecule has 0 fully saturated rings. The summed E-state index contributed by atoms with van der Waals surface area (Å²) in [5, 5.41) is 9.52. The molecule has 0 bridgehead atoms. The summed E-state index contributed by atoms with van der Waals surface area (Å²) in [6.07, 6.45) is -0.176. The van der Waals surface area contributed by atoms with Crippen molar-refractivity contribution in [2.75, 3.05) is 0 Å². The second-order valence-corrected chi connectivity index (χ2v) is 4.12. The first kappa shape index (κ1) is 11.4. The Morgan fingerprint density at radius 2 is 2.00 bits per heavy atom. The van der Waals surface area contributed by atoms with Crippen molar-refractivity contribution >= 4 is 16.9 Å². The summed E-state index contributed by atoms with van der Waals surface area (Å²) >= 11 is 0. The maximum Gasteiger partial charge on any atom is 0.336 e. The van der Waals surface area contributed by atoms with Crippen LogP contribution in [0.15, 0.2) is 27.4 Å². The minimum absolute atomic E-state index is 0.176. The molecule has 2 rings (SSSR count). The fraction of sp³-hybridized carbons (Fsp3) is 0.231. The molecule has 0 atom stereocenters. The number of aliphatic carboxylic acids is 1. The highest BCUT2D eigenvalue weighted by molar-refractivity contribution is 5.87. The molecule has 0 saturated heterocycles. The number of carboxylic acid groups (broad SMARTS) is 1. The second kappa shape index (κ2) is 4.05. The number of carbonyl (C=O) groups is 1. The first-order valence-electron chi connectivity index (χ1n) is 5.23. The van der Waals surface area contributed by atoms with Crippen LogP contribution in [0, 0.1) is 13.8 Å². The van der Waals surface area contributed by atoms with Crippen LogP contribution in [-0.4, -0.2) is 11.1 Å². The molecule has 0 spiro atoms. The molecule has 2 aromatic rings. The summed E-state index contributed by atoms with van der Waals surface area (Å²) in [5.41, 5.74) is 2.30. The van der Waals surface area contributed by atoms with Gasteiger partial charge in [-0.15, -0.1) is 0 Å². The van der Waals surface area contributed by atoms with Gasteiger partial charge in [-0.1, -0.05) is 6.07 Å². The fourth-order valence-corrected chi connectivity index (χ4v) is 1.99. The predicted octanol–water partition coefficient (Wildman–Crippen LogP) is 2.04. The van der Waals surface area contributed by atoms with E-state index in [1.807, 2.05) is 26.0 Å². The third-order valence-corrected chi connectivity index (χ3v) is 2.60. The Hall–Kier alpha value is -2.10. The monoisotopic (exact) mass is 232 g/mol. The molecule has 0 radical (unpaired) electrons. The van der Waals surface area contributed by atoms with E-state index in [9.17, 15) is 9.59 Å². The molecule has 0 amide bonds. The average molecular weight is 232 g/mol. The highest BCUT2D eigenvalue weighted by Gasteiger charge is 2.11. The van der Waals surface area contributed by atoms with Crippen LogP contribution in [0.5, 0.6) is 0 Å². The molecule has 4 nitrogen and oxygen atoms in total. The number of benzene rings is 1. The molecule has 1 N–H and O–H groups in total. The van der Waals surface area contributed by atoms with Crippen LogP contribution in [0.1, 0.15) is 16.7 Å². The number of aryl methyl sites for hydroxylation is 2. The van der Waals surface area contributed by atoms with Crippen LogP contribution in [0.25, 0.3) is 11.0 Å². The molecule has 0 saturated carbocycles. The van der Waals surface area contributed by atoms with E-state index in [1.165, 1.54) is 6.07 Å². The Balaban J connectivity index is 2.82. The highest BCUT2D eigenvalue weighted by atomic mass is 16.4. The zero-order valence-corrected chi connectivity index (χ0v) is 9.61. The van der Waals surface area contributed by atoms with Crippen molar-refractivity contribution in [2.24, 2.45) is 0 Å². The van der Waals surface area contributed by atoms with Crippen molar-refractivity contribution in [1.29, 1.82) is 0 Å². The van der Waals surface area contributed by atoms with E-state index in [1.54, 1.807) is 0 Å². The van der Waals surface area contributed by atoms with Crippen LogP contribution in [0.2, 0.25) is 0 Å². The molecular formula is C13H12O4. The fourth-order valence-electron chi connectivity index (χ4n) is 1.99. The first-order chi connectivity index (χ1) is 7.97. The van der Waals surface area contributed by atoms with Gasteiger partial charge in [0.15, 0.2) is 0 Å². The van der Waals surface area contributed by atoms with Crippen molar-refractivity contribution in [3.63, 3.8) is 0 Å². The van der Waals surface area contributed by atoms with Crippen molar-refractivity contribution in [2.45, 2.75) is 20.3 Å². The van der Waals surface area contributed by atoms with E-state index in [0.717, 1.165) is 11.1 Å². The Bertz CT molecular complexity index is 652. The zero-order valence-electron chi connectivity index (χ0n) is 9.61. The van der Waals surface area contributed by atoms with Gasteiger partial charge in [-0.3, -0.25) is 4.79 Å². The van der Waals surface area contributed by atoms with Gasteiger partial charge in [0, 0.05) is 11.5 Å². The van der Waals surface area contributed by atoms with Crippen molar-refractivity contribution in [3.8, 4) is 0 Å². The normalized spacial score (nSPS) is 10.7. The predicted molar refractivity (Wildman–Crippen MR) is 63.3 cm³/mol. The topological polar surface area (TPSA) is 67.5 Å². The van der Waals surface area contributed by atoms with Gasteiger partial charge in [0.25, 0.3) is 0 Å². The van der Waals surface area contributed by atoms with Crippen LogP contribution >= 0.6 is 0 Å². The molecule has 1 heterocycles. The third-order valence-electron chi connectivity index (χ3n) is 2.60. The lowest BCUT2D eigenvalue weighted by molar-refractivity contribution is -0.136. The van der Waals surface area contributed by atoms with Gasteiger partial charge in [-0.25, -0.2) is 4.79 Å². The second-order valence-electron chi connectivity index (χ2n) is 4.12. The number of hydrogen-bond donors (Lipinski definition) is 1. The van der Waals surface area contributed by atoms with E-state index >= 15 is 0 Å². The smallest absolute Gasteiger partial charge is 0.336 e. The number of rotatable bonds is 2. The average Bonchev–Trinajstić information content (AvgIpc) is 2.19. The summed E-state index contributed by atoms with van der Waals surface area (Å²) in [6.45, 7) is 3.75. The highest BCUT2D eigenvalue weighted by Crippen LogP contribution is 2.22. The summed E-state index contributed by atoms with van der Waals surface area (Å²) in [4.78, 5) is 22.1. The van der Waals surface area contributed by atoms with Gasteiger partial charge in [0.05, 0.1) is 6.42 Å². The number of fused-ring (bicyclic) bond motifs is 1. The van der Waals surface area contributed by atoms with Crippen LogP contribution in [-0.2, 0) is 11.2 Å². The van der Waals surface area contributed by atoms with E-state index in [0.29, 0.717) is 16.5 Å². The Morgan fingerprint density at radius 3 is 2.65 bits per heavy atom. The van der Waals surface area contributed by atoms with Crippen LogP contribution in [0.4, 0.5) is 0 Å². The van der Waals surface area contributed by atoms with Gasteiger partial charge >= 0.3 is 11.6 Å². The molecule has 4 heteroatoms. The molecule has 88 valence electrons. The minimum Gasteiger partial charge on any atom is -0.481 e. The molecule has 1 aromatic heterocycles. The standard InChI is InChI=1S/C13H12O4/c1-7-3-8(2)13-10(4-7)9(5-11(14)15)6-12(16)17-13/h3-4,6H,5H2,1-2H3,(H,14,15). The molecule has 1 aromatic carbocycles. The number of carboxylic acids is 1. The summed E-state index contributed by atoms with van der Waals surface area (Å²) in [6, 6.07) is 4.98. The number of hydrogen-bond acceptors (Lipinski definition) is 3. The van der Waals surface area contributed by atoms with Crippen molar-refractivity contribution in [3.05, 3.63) is 45.3 Å². The van der Waals surface area contributed by atoms with Gasteiger partial charge in [-0.05, 0) is 36.6 Å². The lowest BCUT2D eigenvalue weighted by Crippen LogP contribution is -2.06. The summed E-state index contributed by atoms with van der Waals surface area (Å²) in [7, 11) is 0. The largest absolute Gasteiger partial charge is 0.481 e. The molecular weight excluding hydrogens is 220 g/mol. The van der Waals surface area contributed by atoms with Gasteiger partial charge in [0.2, 0.25) is 0 Å². The van der Waals surface area contributed by atoms with Gasteiger partial charge in [-0.2, -0.15) is 0 Å². The van der Waals surface area contributed by atoms with Crippen molar-refractivity contribution in [1.82, 2.24) is 0 Å². The lowest BCUT2D eigenvalue weighted by Gasteiger charge is -2.06. The van der Waals surface area contributed by atoms with E-state index in [4.69, 9.17) is 9.52 Å². The van der Waals surface area contributed by atoms with Gasteiger partial charge < -0.3 is 9.52 Å². The molecule has 0 aliphatic heterocycles. The van der Waals surface area contributed by atoms with E-state index in [2.05, 4.69) is 0 Å². The Labute approximate surface area is 97.5 Å².